The zero-order chi connectivity index (χ0) is 14.9. The van der Waals surface area contributed by atoms with Crippen molar-refractivity contribution in [1.82, 2.24) is 19.5 Å². The SMILES string of the molecule is Nc1ncnc2c1ncn2[C@@H]1[C@@H]2[C@H](O)C[C@@](O)([C@H]2O)[C@H]1O. The second-order valence-electron chi connectivity index (χ2n) is 5.80. The molecule has 4 rings (SSSR count). The molecule has 0 saturated heterocycles. The summed E-state index contributed by atoms with van der Waals surface area (Å²) < 4.78 is 1.53. The average molecular weight is 293 g/mol. The van der Waals surface area contributed by atoms with Crippen LogP contribution >= 0.6 is 0 Å². The van der Waals surface area contributed by atoms with Gasteiger partial charge >= 0.3 is 0 Å². The van der Waals surface area contributed by atoms with Crippen LogP contribution in [0.2, 0.25) is 0 Å². The lowest BCUT2D eigenvalue weighted by atomic mass is 9.88. The van der Waals surface area contributed by atoms with Crippen molar-refractivity contribution in [2.75, 3.05) is 5.73 Å². The molecule has 2 fully saturated rings. The third kappa shape index (κ3) is 1.41. The Morgan fingerprint density at radius 2 is 1.95 bits per heavy atom. The van der Waals surface area contributed by atoms with Gasteiger partial charge in [0.1, 0.15) is 23.5 Å². The number of aliphatic hydroxyl groups excluding tert-OH is 3. The molecule has 2 heterocycles. The maximum absolute atomic E-state index is 10.4. The summed E-state index contributed by atoms with van der Waals surface area (Å²) >= 11 is 0. The molecule has 0 radical (unpaired) electrons. The fourth-order valence-corrected chi connectivity index (χ4v) is 3.78. The molecule has 2 aliphatic rings. The van der Waals surface area contributed by atoms with Crippen molar-refractivity contribution in [3.8, 4) is 0 Å². The van der Waals surface area contributed by atoms with E-state index in [-0.39, 0.29) is 12.2 Å². The molecule has 0 aromatic carbocycles. The van der Waals surface area contributed by atoms with Crippen molar-refractivity contribution in [3.05, 3.63) is 12.7 Å². The van der Waals surface area contributed by atoms with Crippen molar-refractivity contribution in [3.63, 3.8) is 0 Å². The number of aromatic nitrogens is 4. The number of nitrogens with zero attached hydrogens (tertiary/aromatic N) is 4. The van der Waals surface area contributed by atoms with Crippen LogP contribution in [-0.2, 0) is 0 Å². The van der Waals surface area contributed by atoms with Gasteiger partial charge in [-0.2, -0.15) is 0 Å². The topological polar surface area (TPSA) is 151 Å². The molecule has 2 aliphatic carbocycles. The lowest BCUT2D eigenvalue weighted by molar-refractivity contribution is -0.120. The molecule has 9 heteroatoms. The first-order valence-corrected chi connectivity index (χ1v) is 6.64. The zero-order valence-electron chi connectivity index (χ0n) is 10.9. The van der Waals surface area contributed by atoms with E-state index in [2.05, 4.69) is 15.0 Å². The van der Waals surface area contributed by atoms with Crippen LogP contribution in [0.15, 0.2) is 12.7 Å². The Kier molecular flexibility index (Phi) is 2.39. The van der Waals surface area contributed by atoms with Crippen molar-refractivity contribution in [2.24, 2.45) is 5.92 Å². The van der Waals surface area contributed by atoms with Crippen LogP contribution in [0.25, 0.3) is 11.2 Å². The Morgan fingerprint density at radius 3 is 2.67 bits per heavy atom. The highest BCUT2D eigenvalue weighted by Gasteiger charge is 2.68. The van der Waals surface area contributed by atoms with Gasteiger partial charge in [-0.3, -0.25) is 0 Å². The number of fused-ring (bicyclic) bond motifs is 3. The Hall–Kier alpha value is -1.81. The number of imidazole rings is 1. The molecule has 0 spiro atoms. The lowest BCUT2D eigenvalue weighted by Crippen LogP contribution is -2.48. The summed E-state index contributed by atoms with van der Waals surface area (Å²) in [6.45, 7) is 0. The summed E-state index contributed by atoms with van der Waals surface area (Å²) in [6.07, 6.45) is -0.696. The number of aliphatic hydroxyl groups is 4. The molecular formula is C12H15N5O4. The molecule has 2 aromatic rings. The molecule has 0 amide bonds. The van der Waals surface area contributed by atoms with Crippen LogP contribution in [0.1, 0.15) is 12.5 Å². The lowest BCUT2D eigenvalue weighted by Gasteiger charge is -2.34. The molecule has 2 aromatic heterocycles. The van der Waals surface area contributed by atoms with Crippen LogP contribution < -0.4 is 5.73 Å². The van der Waals surface area contributed by atoms with E-state index in [9.17, 15) is 20.4 Å². The molecule has 2 bridgehead atoms. The largest absolute Gasteiger partial charge is 0.393 e. The van der Waals surface area contributed by atoms with E-state index in [0.717, 1.165) is 0 Å². The van der Waals surface area contributed by atoms with Crippen molar-refractivity contribution in [2.45, 2.75) is 36.4 Å². The van der Waals surface area contributed by atoms with Crippen LogP contribution in [0, 0.1) is 5.92 Å². The Morgan fingerprint density at radius 1 is 1.19 bits per heavy atom. The second-order valence-corrected chi connectivity index (χ2v) is 5.80. The summed E-state index contributed by atoms with van der Waals surface area (Å²) in [7, 11) is 0. The number of hydrogen-bond donors (Lipinski definition) is 5. The van der Waals surface area contributed by atoms with Gasteiger partial charge in [0.15, 0.2) is 11.5 Å². The minimum absolute atomic E-state index is 0.0553. The van der Waals surface area contributed by atoms with Gasteiger partial charge in [0.05, 0.1) is 24.6 Å². The number of nitrogen functional groups attached to an aromatic ring is 1. The summed E-state index contributed by atoms with van der Waals surface area (Å²) in [5.74, 6) is -0.491. The normalized spacial score (nSPS) is 42.0. The summed E-state index contributed by atoms with van der Waals surface area (Å²) in [6, 6.07) is -0.729. The van der Waals surface area contributed by atoms with Crippen molar-refractivity contribution < 1.29 is 20.4 Å². The molecule has 9 nitrogen and oxygen atoms in total. The van der Waals surface area contributed by atoms with E-state index in [1.165, 1.54) is 17.2 Å². The summed E-state index contributed by atoms with van der Waals surface area (Å²) in [4.78, 5) is 12.0. The van der Waals surface area contributed by atoms with Crippen LogP contribution in [-0.4, -0.2) is 63.9 Å². The standard InChI is InChI=1S/C12H15N5O4/c13-10-6-11(15-2-14-10)17(3-16-6)7-5-4(18)1-12(21,8(5)19)9(7)20/h2-5,7-9,18-21H,1H2,(H2,13,14,15)/t4-,5+,7-,8+,9+,12-/m1/s1. The van der Waals surface area contributed by atoms with E-state index in [0.29, 0.717) is 11.2 Å². The van der Waals surface area contributed by atoms with Gasteiger partial charge in [0.25, 0.3) is 0 Å². The first kappa shape index (κ1) is 12.9. The fraction of sp³-hybridized carbons (Fsp3) is 0.583. The maximum atomic E-state index is 10.4. The zero-order valence-corrected chi connectivity index (χ0v) is 10.9. The highest BCUT2D eigenvalue weighted by molar-refractivity contribution is 5.81. The number of rotatable bonds is 1. The Bertz CT molecular complexity index is 721. The highest BCUT2D eigenvalue weighted by atomic mass is 16.4. The molecule has 6 N–H and O–H groups in total. The van der Waals surface area contributed by atoms with E-state index in [4.69, 9.17) is 5.73 Å². The van der Waals surface area contributed by atoms with Gasteiger partial charge < -0.3 is 30.7 Å². The number of hydrogen-bond acceptors (Lipinski definition) is 8. The van der Waals surface area contributed by atoms with E-state index >= 15 is 0 Å². The molecule has 0 aliphatic heterocycles. The van der Waals surface area contributed by atoms with E-state index < -0.39 is 35.9 Å². The smallest absolute Gasteiger partial charge is 0.165 e. The molecular weight excluding hydrogens is 278 g/mol. The minimum Gasteiger partial charge on any atom is -0.393 e. The summed E-state index contributed by atoms with van der Waals surface area (Å²) in [5, 5.41) is 41.0. The molecule has 6 atom stereocenters. The highest BCUT2D eigenvalue weighted by Crippen LogP contribution is 2.54. The first-order chi connectivity index (χ1) is 9.95. The average Bonchev–Trinajstić information content (AvgIpc) is 3.00. The molecule has 0 unspecified atom stereocenters. The van der Waals surface area contributed by atoms with Gasteiger partial charge in [-0.05, 0) is 0 Å². The third-order valence-electron chi connectivity index (χ3n) is 4.80. The predicted octanol–water partition coefficient (Wildman–Crippen LogP) is -2.20. The monoisotopic (exact) mass is 293 g/mol. The quantitative estimate of drug-likeness (QED) is 0.397. The van der Waals surface area contributed by atoms with Gasteiger partial charge in [-0.25, -0.2) is 15.0 Å². The van der Waals surface area contributed by atoms with Crippen LogP contribution in [0.3, 0.4) is 0 Å². The van der Waals surface area contributed by atoms with Crippen molar-refractivity contribution in [1.29, 1.82) is 0 Å². The second kappa shape index (κ2) is 3.89. The van der Waals surface area contributed by atoms with E-state index in [1.807, 2.05) is 0 Å². The van der Waals surface area contributed by atoms with Gasteiger partial charge in [0, 0.05) is 12.3 Å². The molecule has 112 valence electrons. The van der Waals surface area contributed by atoms with Crippen molar-refractivity contribution >= 4 is 17.0 Å². The first-order valence-electron chi connectivity index (χ1n) is 6.64. The maximum Gasteiger partial charge on any atom is 0.165 e. The van der Waals surface area contributed by atoms with Gasteiger partial charge in [0.2, 0.25) is 0 Å². The fourth-order valence-electron chi connectivity index (χ4n) is 3.78. The van der Waals surface area contributed by atoms with E-state index in [1.54, 1.807) is 0 Å². The predicted molar refractivity (Wildman–Crippen MR) is 69.8 cm³/mol. The molecule has 2 saturated carbocycles. The van der Waals surface area contributed by atoms with Crippen LogP contribution in [0.5, 0.6) is 0 Å². The Labute approximate surface area is 118 Å². The molecule has 21 heavy (non-hydrogen) atoms. The summed E-state index contributed by atoms with van der Waals surface area (Å²) in [5.41, 5.74) is 4.77. The number of anilines is 1. The number of nitrogens with two attached hydrogens (primary N) is 1. The van der Waals surface area contributed by atoms with Gasteiger partial charge in [-0.1, -0.05) is 0 Å². The minimum atomic E-state index is -1.72. The van der Waals surface area contributed by atoms with Crippen LogP contribution in [0.4, 0.5) is 5.82 Å². The van der Waals surface area contributed by atoms with Gasteiger partial charge in [-0.15, -0.1) is 0 Å². The third-order valence-corrected chi connectivity index (χ3v) is 4.80. The Balaban J connectivity index is 1.88.